The zero-order valence-corrected chi connectivity index (χ0v) is 55.2. The number of benzene rings is 15. The predicted molar refractivity (Wildman–Crippen MR) is 424 cm³/mol. The molecule has 21 aromatic rings. The standard InChI is InChI=1S/C50H32N4.C44H28N4/c1-2-13-38(14-3-1)53-30-29-37-31-44-42-16-7-9-20-46(42)54(48(44)32-47(37)53)39-27-25-36(26-28-39)50-51-45-19-8-6-17-43(45)49(52-50)35-23-21-34(22-24-35)41-18-10-12-33-11-4-5-15-40(33)41;1-2-13-32(14-3-1)47-26-25-31-27-38-35-16-7-9-20-40(35)48(42(38)28-41(31)47)33-23-21-30(22-24-33)44-45-39-19-8-6-17-37(39)43(46-44)36-18-10-12-29-11-4-5-15-34(29)36/h1-32H;1-28H. The van der Waals surface area contributed by atoms with Crippen LogP contribution in [-0.4, -0.2) is 38.2 Å². The fraction of sp³-hybridized carbons (Fsp3) is 0. The van der Waals surface area contributed by atoms with E-state index < -0.39 is 0 Å². The Labute approximate surface area is 586 Å². The minimum absolute atomic E-state index is 0.706. The molecule has 0 saturated heterocycles. The SMILES string of the molecule is c1ccc(-n2ccc3cc4c5ccccc5n(-c5ccc(-c6nc(-c7ccc(-c8cccc9ccccc89)cc7)c7ccccc7n6)cc5)c4cc32)cc1.c1ccc(-n2ccc3cc4c5ccccc5n(-c5ccc(-c6nc(-c7cccc8ccccc78)c7ccccc7n6)cc5)c4cc32)cc1. The van der Waals surface area contributed by atoms with Gasteiger partial charge < -0.3 is 18.3 Å². The van der Waals surface area contributed by atoms with E-state index in [1.54, 1.807) is 0 Å². The van der Waals surface area contributed by atoms with Gasteiger partial charge in [0.05, 0.1) is 55.5 Å². The molecule has 0 radical (unpaired) electrons. The molecule has 0 fully saturated rings. The van der Waals surface area contributed by atoms with Gasteiger partial charge in [0.25, 0.3) is 0 Å². The third-order valence-electron chi connectivity index (χ3n) is 20.3. The predicted octanol–water partition coefficient (Wildman–Crippen LogP) is 24.0. The van der Waals surface area contributed by atoms with Gasteiger partial charge in [0.1, 0.15) is 0 Å². The molecule has 0 N–H and O–H groups in total. The van der Waals surface area contributed by atoms with E-state index >= 15 is 0 Å². The average molecular weight is 1300 g/mol. The Kier molecular flexibility index (Phi) is 13.7. The summed E-state index contributed by atoms with van der Waals surface area (Å²) in [7, 11) is 0. The smallest absolute Gasteiger partial charge is 0.160 e. The lowest BCUT2D eigenvalue weighted by Gasteiger charge is -2.13. The molecule has 0 saturated carbocycles. The highest BCUT2D eigenvalue weighted by atomic mass is 15.0. The Morgan fingerprint density at radius 2 is 0.578 bits per heavy atom. The van der Waals surface area contributed by atoms with Crippen LogP contribution in [0.1, 0.15) is 0 Å². The van der Waals surface area contributed by atoms with Crippen LogP contribution in [0.25, 0.3) is 188 Å². The monoisotopic (exact) mass is 1300 g/mol. The van der Waals surface area contributed by atoms with E-state index in [9.17, 15) is 0 Å². The number of hydrogen-bond donors (Lipinski definition) is 0. The van der Waals surface area contributed by atoms with Gasteiger partial charge >= 0.3 is 0 Å². The number of nitrogens with zero attached hydrogens (tertiary/aromatic N) is 8. The van der Waals surface area contributed by atoms with E-state index in [1.807, 2.05) is 12.1 Å². The lowest BCUT2D eigenvalue weighted by molar-refractivity contribution is 1.12. The van der Waals surface area contributed by atoms with Crippen molar-refractivity contribution in [1.82, 2.24) is 38.2 Å². The van der Waals surface area contributed by atoms with Gasteiger partial charge in [-0.1, -0.05) is 218 Å². The summed E-state index contributed by atoms with van der Waals surface area (Å²) in [6.07, 6.45) is 4.33. The van der Waals surface area contributed by atoms with Crippen molar-refractivity contribution in [3.05, 3.63) is 364 Å². The molecule has 0 aliphatic rings. The van der Waals surface area contributed by atoms with E-state index in [0.29, 0.717) is 11.6 Å². The van der Waals surface area contributed by atoms with Crippen LogP contribution in [0.2, 0.25) is 0 Å². The van der Waals surface area contributed by atoms with E-state index in [1.165, 1.54) is 98.1 Å². The molecule has 15 aromatic carbocycles. The summed E-state index contributed by atoms with van der Waals surface area (Å²) in [5.41, 5.74) is 21.8. The summed E-state index contributed by atoms with van der Waals surface area (Å²) in [5, 5.41) is 14.4. The molecular weight excluding hydrogens is 1240 g/mol. The zero-order valence-electron chi connectivity index (χ0n) is 55.2. The molecule has 21 rings (SSSR count). The Hall–Kier alpha value is -13.8. The average Bonchev–Trinajstić information content (AvgIpc) is 1.58. The first-order valence-electron chi connectivity index (χ1n) is 34.6. The summed E-state index contributed by atoms with van der Waals surface area (Å²) in [4.78, 5) is 20.6. The molecule has 102 heavy (non-hydrogen) atoms. The molecule has 0 aliphatic heterocycles. The van der Waals surface area contributed by atoms with Crippen LogP contribution in [0.15, 0.2) is 364 Å². The van der Waals surface area contributed by atoms with E-state index in [-0.39, 0.29) is 0 Å². The maximum Gasteiger partial charge on any atom is 0.160 e. The molecule has 0 spiro atoms. The van der Waals surface area contributed by atoms with E-state index in [0.717, 1.165) is 78.2 Å². The molecule has 8 nitrogen and oxygen atoms in total. The highest BCUT2D eigenvalue weighted by Gasteiger charge is 2.21. The van der Waals surface area contributed by atoms with Crippen LogP contribution in [0.5, 0.6) is 0 Å². The van der Waals surface area contributed by atoms with Crippen LogP contribution < -0.4 is 0 Å². The Morgan fingerprint density at radius 1 is 0.196 bits per heavy atom. The summed E-state index contributed by atoms with van der Waals surface area (Å²) in [5.74, 6) is 1.42. The molecular formula is C94H60N8. The normalized spacial score (nSPS) is 11.7. The Balaban J connectivity index is 0.000000138. The van der Waals surface area contributed by atoms with Gasteiger partial charge in [-0.25, -0.2) is 19.9 Å². The third-order valence-corrected chi connectivity index (χ3v) is 20.3. The van der Waals surface area contributed by atoms with Crippen molar-refractivity contribution >= 4 is 109 Å². The first-order chi connectivity index (χ1) is 50.6. The highest BCUT2D eigenvalue weighted by molar-refractivity contribution is 6.15. The largest absolute Gasteiger partial charge is 0.316 e. The second kappa shape index (κ2) is 24.0. The number of para-hydroxylation sites is 6. The van der Waals surface area contributed by atoms with Crippen molar-refractivity contribution in [2.75, 3.05) is 0 Å². The molecule has 476 valence electrons. The van der Waals surface area contributed by atoms with Crippen molar-refractivity contribution in [2.45, 2.75) is 0 Å². The lowest BCUT2D eigenvalue weighted by Crippen LogP contribution is -1.97. The topological polar surface area (TPSA) is 71.3 Å². The first kappa shape index (κ1) is 58.3. The van der Waals surface area contributed by atoms with E-state index in [2.05, 4.69) is 370 Å². The van der Waals surface area contributed by atoms with Gasteiger partial charge in [-0.15, -0.1) is 0 Å². The maximum absolute atomic E-state index is 5.23. The molecule has 8 heteroatoms. The van der Waals surface area contributed by atoms with Crippen LogP contribution in [-0.2, 0) is 0 Å². The summed E-state index contributed by atoms with van der Waals surface area (Å²) in [6, 6.07) is 125. The second-order valence-corrected chi connectivity index (χ2v) is 26.2. The number of hydrogen-bond acceptors (Lipinski definition) is 4. The summed E-state index contributed by atoms with van der Waals surface area (Å²) >= 11 is 0. The zero-order chi connectivity index (χ0) is 67.2. The number of rotatable bonds is 9. The van der Waals surface area contributed by atoms with Gasteiger partial charge in [0.2, 0.25) is 0 Å². The van der Waals surface area contributed by atoms with Crippen molar-refractivity contribution in [2.24, 2.45) is 0 Å². The quantitative estimate of drug-likeness (QED) is 0.144. The van der Waals surface area contributed by atoms with Crippen molar-refractivity contribution in [3.63, 3.8) is 0 Å². The Morgan fingerprint density at radius 3 is 1.09 bits per heavy atom. The Bertz CT molecular complexity index is 6830. The minimum Gasteiger partial charge on any atom is -0.316 e. The van der Waals surface area contributed by atoms with Gasteiger partial charge in [-0.2, -0.15) is 0 Å². The van der Waals surface area contributed by atoms with Crippen LogP contribution in [0.4, 0.5) is 0 Å². The van der Waals surface area contributed by atoms with Gasteiger partial charge in [0.15, 0.2) is 11.6 Å². The lowest BCUT2D eigenvalue weighted by atomic mass is 9.96. The molecule has 0 aliphatic carbocycles. The number of fused-ring (bicyclic) bond motifs is 12. The third kappa shape index (κ3) is 9.83. The fourth-order valence-electron chi connectivity index (χ4n) is 15.5. The van der Waals surface area contributed by atoms with Gasteiger partial charge in [-0.3, -0.25) is 0 Å². The maximum atomic E-state index is 5.23. The molecule has 6 aromatic heterocycles. The summed E-state index contributed by atoms with van der Waals surface area (Å²) in [6.45, 7) is 0. The van der Waals surface area contributed by atoms with Crippen LogP contribution >= 0.6 is 0 Å². The second-order valence-electron chi connectivity index (χ2n) is 26.2. The highest BCUT2D eigenvalue weighted by Crippen LogP contribution is 2.41. The minimum atomic E-state index is 0.706. The van der Waals surface area contributed by atoms with Gasteiger partial charge in [0, 0.05) is 100 Å². The molecule has 0 unspecified atom stereocenters. The van der Waals surface area contributed by atoms with E-state index in [4.69, 9.17) is 19.9 Å². The van der Waals surface area contributed by atoms with Crippen molar-refractivity contribution < 1.29 is 0 Å². The molecule has 0 atom stereocenters. The number of aromatic nitrogens is 8. The first-order valence-corrected chi connectivity index (χ1v) is 34.6. The molecule has 6 heterocycles. The van der Waals surface area contributed by atoms with Crippen LogP contribution in [0.3, 0.4) is 0 Å². The summed E-state index contributed by atoms with van der Waals surface area (Å²) < 4.78 is 9.29. The molecule has 0 bridgehead atoms. The molecule has 0 amide bonds. The van der Waals surface area contributed by atoms with Crippen molar-refractivity contribution in [3.8, 4) is 79.2 Å². The van der Waals surface area contributed by atoms with Crippen molar-refractivity contribution in [1.29, 1.82) is 0 Å². The van der Waals surface area contributed by atoms with Crippen LogP contribution in [0, 0.1) is 0 Å². The van der Waals surface area contributed by atoms with Gasteiger partial charge in [-0.05, 0) is 166 Å². The fourth-order valence-corrected chi connectivity index (χ4v) is 15.5.